The maximum absolute atomic E-state index is 12.1. The van der Waals surface area contributed by atoms with Crippen LogP contribution in [-0.4, -0.2) is 40.8 Å². The van der Waals surface area contributed by atoms with Gasteiger partial charge in [-0.05, 0) is 25.7 Å². The Morgan fingerprint density at radius 2 is 1.74 bits per heavy atom. The standard InChI is InChI=1S/C13H23N3O2S/c1-8(2)10(11(14)19)12(17)15-9(3)13(18)16-6-4-5-7-16/h8-10H,4-7H2,1-3H3,(H2,14,19)(H,15,17). The van der Waals surface area contributed by atoms with Gasteiger partial charge in [-0.1, -0.05) is 26.1 Å². The van der Waals surface area contributed by atoms with E-state index in [-0.39, 0.29) is 22.7 Å². The number of hydrogen-bond donors (Lipinski definition) is 2. The lowest BCUT2D eigenvalue weighted by atomic mass is 9.94. The average molecular weight is 285 g/mol. The third kappa shape index (κ3) is 4.16. The summed E-state index contributed by atoms with van der Waals surface area (Å²) >= 11 is 4.92. The molecule has 2 unspecified atom stereocenters. The van der Waals surface area contributed by atoms with E-state index in [0.717, 1.165) is 25.9 Å². The fourth-order valence-corrected chi connectivity index (χ4v) is 2.72. The Morgan fingerprint density at radius 3 is 2.16 bits per heavy atom. The summed E-state index contributed by atoms with van der Waals surface area (Å²) in [5.74, 6) is -0.797. The zero-order valence-corrected chi connectivity index (χ0v) is 12.6. The van der Waals surface area contributed by atoms with Crippen molar-refractivity contribution >= 4 is 29.0 Å². The van der Waals surface area contributed by atoms with Crippen LogP contribution in [0.4, 0.5) is 0 Å². The number of thiocarbonyl (C=S) groups is 1. The van der Waals surface area contributed by atoms with Crippen LogP contribution in [0.15, 0.2) is 0 Å². The molecule has 3 N–H and O–H groups in total. The zero-order valence-electron chi connectivity index (χ0n) is 11.8. The van der Waals surface area contributed by atoms with Crippen molar-refractivity contribution in [1.29, 1.82) is 0 Å². The summed E-state index contributed by atoms with van der Waals surface area (Å²) < 4.78 is 0. The van der Waals surface area contributed by atoms with Crippen molar-refractivity contribution in [3.63, 3.8) is 0 Å². The Bertz CT molecular complexity index is 365. The summed E-state index contributed by atoms with van der Waals surface area (Å²) in [5, 5.41) is 2.72. The van der Waals surface area contributed by atoms with E-state index in [1.54, 1.807) is 11.8 Å². The molecule has 5 nitrogen and oxygen atoms in total. The Kier molecular flexibility index (Phi) is 5.72. The van der Waals surface area contributed by atoms with Crippen molar-refractivity contribution in [3.05, 3.63) is 0 Å². The van der Waals surface area contributed by atoms with Gasteiger partial charge >= 0.3 is 0 Å². The number of hydrogen-bond acceptors (Lipinski definition) is 3. The third-order valence-electron chi connectivity index (χ3n) is 3.40. The first-order valence-corrected chi connectivity index (χ1v) is 7.14. The monoisotopic (exact) mass is 285 g/mol. The fraction of sp³-hybridized carbons (Fsp3) is 0.769. The van der Waals surface area contributed by atoms with Crippen molar-refractivity contribution < 1.29 is 9.59 Å². The lowest BCUT2D eigenvalue weighted by Crippen LogP contribution is -2.50. The minimum absolute atomic E-state index is 0.0200. The predicted molar refractivity (Wildman–Crippen MR) is 78.5 cm³/mol. The maximum atomic E-state index is 12.1. The first-order valence-electron chi connectivity index (χ1n) is 6.73. The van der Waals surface area contributed by atoms with Crippen molar-refractivity contribution in [3.8, 4) is 0 Å². The second kappa shape index (κ2) is 6.84. The van der Waals surface area contributed by atoms with E-state index in [2.05, 4.69) is 5.32 Å². The van der Waals surface area contributed by atoms with Crippen LogP contribution in [0.25, 0.3) is 0 Å². The predicted octanol–water partition coefficient (Wildman–Crippen LogP) is 0.672. The third-order valence-corrected chi connectivity index (χ3v) is 3.66. The van der Waals surface area contributed by atoms with Crippen molar-refractivity contribution in [1.82, 2.24) is 10.2 Å². The second-order valence-corrected chi connectivity index (χ2v) is 5.86. The molecule has 1 heterocycles. The molecule has 2 amide bonds. The van der Waals surface area contributed by atoms with Gasteiger partial charge in [0.15, 0.2) is 0 Å². The average Bonchev–Trinajstić information content (AvgIpc) is 2.79. The van der Waals surface area contributed by atoms with Crippen LogP contribution in [0.5, 0.6) is 0 Å². The molecule has 1 aliphatic heterocycles. The van der Waals surface area contributed by atoms with Gasteiger partial charge in [0.2, 0.25) is 11.8 Å². The van der Waals surface area contributed by atoms with Crippen molar-refractivity contribution in [2.24, 2.45) is 17.6 Å². The molecule has 1 rings (SSSR count). The molecule has 108 valence electrons. The van der Waals surface area contributed by atoms with E-state index in [1.165, 1.54) is 0 Å². The molecule has 1 fully saturated rings. The lowest BCUT2D eigenvalue weighted by molar-refractivity contribution is -0.135. The Morgan fingerprint density at radius 1 is 1.21 bits per heavy atom. The molecule has 2 atom stereocenters. The highest BCUT2D eigenvalue weighted by Gasteiger charge is 2.29. The molecule has 0 aromatic rings. The molecule has 19 heavy (non-hydrogen) atoms. The zero-order chi connectivity index (χ0) is 14.6. The highest BCUT2D eigenvalue weighted by molar-refractivity contribution is 7.80. The van der Waals surface area contributed by atoms with Crippen LogP contribution in [0, 0.1) is 11.8 Å². The van der Waals surface area contributed by atoms with Crippen LogP contribution in [0.2, 0.25) is 0 Å². The van der Waals surface area contributed by atoms with E-state index < -0.39 is 12.0 Å². The lowest BCUT2D eigenvalue weighted by Gasteiger charge is -2.24. The van der Waals surface area contributed by atoms with Gasteiger partial charge in [-0.15, -0.1) is 0 Å². The molecule has 1 saturated heterocycles. The normalized spacial score (nSPS) is 18.2. The van der Waals surface area contributed by atoms with E-state index >= 15 is 0 Å². The number of nitrogens with zero attached hydrogens (tertiary/aromatic N) is 1. The summed E-state index contributed by atoms with van der Waals surface area (Å²) in [6, 6.07) is -0.527. The van der Waals surface area contributed by atoms with Crippen molar-refractivity contribution in [2.75, 3.05) is 13.1 Å². The number of nitrogens with one attached hydrogen (secondary N) is 1. The smallest absolute Gasteiger partial charge is 0.244 e. The topological polar surface area (TPSA) is 75.4 Å². The van der Waals surface area contributed by atoms with Crippen molar-refractivity contribution in [2.45, 2.75) is 39.7 Å². The molecule has 0 bridgehead atoms. The molecular formula is C13H23N3O2S. The van der Waals surface area contributed by atoms with Crippen LogP contribution in [0.1, 0.15) is 33.6 Å². The highest BCUT2D eigenvalue weighted by Crippen LogP contribution is 2.13. The fourth-order valence-electron chi connectivity index (χ4n) is 2.34. The number of carbonyl (C=O) groups is 2. The highest BCUT2D eigenvalue weighted by atomic mass is 32.1. The molecule has 0 spiro atoms. The molecule has 0 aliphatic carbocycles. The van der Waals surface area contributed by atoms with Gasteiger partial charge in [0.1, 0.15) is 6.04 Å². The van der Waals surface area contributed by atoms with Crippen LogP contribution < -0.4 is 11.1 Å². The molecule has 0 radical (unpaired) electrons. The molecule has 0 aromatic heterocycles. The van der Waals surface area contributed by atoms with E-state index in [9.17, 15) is 9.59 Å². The van der Waals surface area contributed by atoms with Crippen LogP contribution in [0.3, 0.4) is 0 Å². The number of nitrogens with two attached hydrogens (primary N) is 1. The summed E-state index contributed by atoms with van der Waals surface area (Å²) in [7, 11) is 0. The van der Waals surface area contributed by atoms with Gasteiger partial charge in [-0.2, -0.15) is 0 Å². The van der Waals surface area contributed by atoms with Gasteiger partial charge in [0.25, 0.3) is 0 Å². The summed E-state index contributed by atoms with van der Waals surface area (Å²) in [4.78, 5) is 26.2. The maximum Gasteiger partial charge on any atom is 0.244 e. The van der Waals surface area contributed by atoms with Gasteiger partial charge in [-0.25, -0.2) is 0 Å². The Balaban J connectivity index is 2.59. The SMILES string of the molecule is CC(NC(=O)C(C(N)=S)C(C)C)C(=O)N1CCCC1. The second-order valence-electron chi connectivity index (χ2n) is 5.39. The minimum Gasteiger partial charge on any atom is -0.393 e. The van der Waals surface area contributed by atoms with Crippen LogP contribution >= 0.6 is 12.2 Å². The molecule has 6 heteroatoms. The van der Waals surface area contributed by atoms with E-state index in [0.29, 0.717) is 0 Å². The van der Waals surface area contributed by atoms with Gasteiger partial charge in [0.05, 0.1) is 10.9 Å². The number of rotatable bonds is 5. The van der Waals surface area contributed by atoms with Gasteiger partial charge in [-0.3, -0.25) is 9.59 Å². The molecule has 1 aliphatic rings. The Labute approximate surface area is 119 Å². The van der Waals surface area contributed by atoms with Crippen LogP contribution in [-0.2, 0) is 9.59 Å². The summed E-state index contributed by atoms with van der Waals surface area (Å²) in [5.41, 5.74) is 5.59. The Hall–Kier alpha value is -1.17. The summed E-state index contributed by atoms with van der Waals surface area (Å²) in [6.07, 6.45) is 2.07. The quantitative estimate of drug-likeness (QED) is 0.728. The van der Waals surface area contributed by atoms with Gasteiger partial charge < -0.3 is 16.0 Å². The minimum atomic E-state index is -0.527. The van der Waals surface area contributed by atoms with E-state index in [4.69, 9.17) is 18.0 Å². The molecule has 0 aromatic carbocycles. The van der Waals surface area contributed by atoms with E-state index in [1.807, 2.05) is 13.8 Å². The largest absolute Gasteiger partial charge is 0.393 e. The molecule has 0 saturated carbocycles. The summed E-state index contributed by atoms with van der Waals surface area (Å²) in [6.45, 7) is 7.03. The molecular weight excluding hydrogens is 262 g/mol. The number of likely N-dealkylation sites (tertiary alicyclic amines) is 1. The first kappa shape index (κ1) is 15.9. The number of carbonyl (C=O) groups excluding carboxylic acids is 2. The van der Waals surface area contributed by atoms with Gasteiger partial charge in [0, 0.05) is 13.1 Å². The first-order chi connectivity index (χ1) is 8.84. The number of amides is 2.